The second-order valence-electron chi connectivity index (χ2n) is 3.72. The SMILES string of the molecule is NCc1cc(N2CCCS2(=O)=O)ccc1F. The van der Waals surface area contributed by atoms with Gasteiger partial charge in [0.15, 0.2) is 0 Å². The van der Waals surface area contributed by atoms with E-state index in [9.17, 15) is 12.8 Å². The lowest BCUT2D eigenvalue weighted by Crippen LogP contribution is -2.25. The van der Waals surface area contributed by atoms with E-state index in [0.29, 0.717) is 24.2 Å². The fourth-order valence-corrected chi connectivity index (χ4v) is 3.36. The number of rotatable bonds is 2. The summed E-state index contributed by atoms with van der Waals surface area (Å²) in [5, 5.41) is 0. The molecule has 0 aromatic heterocycles. The van der Waals surface area contributed by atoms with E-state index >= 15 is 0 Å². The van der Waals surface area contributed by atoms with Gasteiger partial charge in [-0.1, -0.05) is 0 Å². The molecule has 0 bridgehead atoms. The quantitative estimate of drug-likeness (QED) is 0.838. The van der Waals surface area contributed by atoms with Crippen molar-refractivity contribution in [3.63, 3.8) is 0 Å². The van der Waals surface area contributed by atoms with E-state index in [1.807, 2.05) is 0 Å². The van der Waals surface area contributed by atoms with Crippen LogP contribution in [0.5, 0.6) is 0 Å². The van der Waals surface area contributed by atoms with Gasteiger partial charge in [-0.2, -0.15) is 0 Å². The summed E-state index contributed by atoms with van der Waals surface area (Å²) in [5.41, 5.74) is 6.21. The van der Waals surface area contributed by atoms with Crippen molar-refractivity contribution in [1.29, 1.82) is 0 Å². The van der Waals surface area contributed by atoms with Crippen molar-refractivity contribution in [2.75, 3.05) is 16.6 Å². The summed E-state index contributed by atoms with van der Waals surface area (Å²) in [4.78, 5) is 0. The summed E-state index contributed by atoms with van der Waals surface area (Å²) in [6, 6.07) is 4.22. The molecule has 1 aromatic rings. The molecule has 6 heteroatoms. The van der Waals surface area contributed by atoms with Crippen molar-refractivity contribution in [2.24, 2.45) is 5.73 Å². The second-order valence-corrected chi connectivity index (χ2v) is 5.73. The van der Waals surface area contributed by atoms with Gasteiger partial charge in [-0.3, -0.25) is 4.31 Å². The van der Waals surface area contributed by atoms with E-state index in [-0.39, 0.29) is 12.3 Å². The van der Waals surface area contributed by atoms with Crippen LogP contribution in [0.15, 0.2) is 18.2 Å². The van der Waals surface area contributed by atoms with E-state index in [2.05, 4.69) is 0 Å². The molecule has 0 amide bonds. The maximum absolute atomic E-state index is 13.2. The average molecular weight is 244 g/mol. The lowest BCUT2D eigenvalue weighted by Gasteiger charge is -2.17. The highest BCUT2D eigenvalue weighted by Crippen LogP contribution is 2.25. The highest BCUT2D eigenvalue weighted by molar-refractivity contribution is 7.93. The number of anilines is 1. The zero-order valence-corrected chi connectivity index (χ0v) is 9.50. The van der Waals surface area contributed by atoms with E-state index in [0.717, 1.165) is 0 Å². The Morgan fingerprint density at radius 1 is 1.44 bits per heavy atom. The number of hydrogen-bond donors (Lipinski definition) is 1. The van der Waals surface area contributed by atoms with Crippen LogP contribution < -0.4 is 10.0 Å². The van der Waals surface area contributed by atoms with Crippen LogP contribution in [0.2, 0.25) is 0 Å². The van der Waals surface area contributed by atoms with Crippen LogP contribution in [0.3, 0.4) is 0 Å². The van der Waals surface area contributed by atoms with Gasteiger partial charge in [0.2, 0.25) is 10.0 Å². The summed E-state index contributed by atoms with van der Waals surface area (Å²) in [7, 11) is -3.21. The Morgan fingerprint density at radius 3 is 2.75 bits per heavy atom. The van der Waals surface area contributed by atoms with Crippen molar-refractivity contribution in [2.45, 2.75) is 13.0 Å². The molecule has 0 radical (unpaired) electrons. The smallest absolute Gasteiger partial charge is 0.235 e. The van der Waals surface area contributed by atoms with Crippen LogP contribution in [0.4, 0.5) is 10.1 Å². The van der Waals surface area contributed by atoms with Gasteiger partial charge in [-0.25, -0.2) is 12.8 Å². The van der Waals surface area contributed by atoms with Crippen LogP contribution in [-0.4, -0.2) is 20.7 Å². The number of nitrogens with zero attached hydrogens (tertiary/aromatic N) is 1. The van der Waals surface area contributed by atoms with Crippen LogP contribution in [0.1, 0.15) is 12.0 Å². The highest BCUT2D eigenvalue weighted by atomic mass is 32.2. The highest BCUT2D eigenvalue weighted by Gasteiger charge is 2.28. The number of sulfonamides is 1. The molecular weight excluding hydrogens is 231 g/mol. The molecule has 0 atom stereocenters. The molecular formula is C10H13FN2O2S. The second kappa shape index (κ2) is 4.03. The molecule has 88 valence electrons. The summed E-state index contributed by atoms with van der Waals surface area (Å²) in [6.45, 7) is 0.519. The molecule has 0 saturated carbocycles. The lowest BCUT2D eigenvalue weighted by molar-refractivity contribution is 0.598. The summed E-state index contributed by atoms with van der Waals surface area (Å²) >= 11 is 0. The minimum Gasteiger partial charge on any atom is -0.326 e. The number of halogens is 1. The van der Waals surface area contributed by atoms with Gasteiger partial charge in [-0.15, -0.1) is 0 Å². The predicted molar refractivity (Wildman–Crippen MR) is 60.0 cm³/mol. The first-order valence-corrected chi connectivity index (χ1v) is 6.64. The zero-order valence-electron chi connectivity index (χ0n) is 8.69. The minimum atomic E-state index is -3.21. The van der Waals surface area contributed by atoms with Gasteiger partial charge in [-0.05, 0) is 24.6 Å². The first-order valence-electron chi connectivity index (χ1n) is 5.03. The van der Waals surface area contributed by atoms with Crippen LogP contribution in [0.25, 0.3) is 0 Å². The molecule has 0 spiro atoms. The lowest BCUT2D eigenvalue weighted by atomic mass is 10.2. The Balaban J connectivity index is 2.41. The van der Waals surface area contributed by atoms with E-state index in [4.69, 9.17) is 5.73 Å². The number of hydrogen-bond acceptors (Lipinski definition) is 3. The molecule has 2 rings (SSSR count). The van der Waals surface area contributed by atoms with E-state index in [1.165, 1.54) is 22.5 Å². The van der Waals surface area contributed by atoms with E-state index in [1.54, 1.807) is 0 Å². The molecule has 4 nitrogen and oxygen atoms in total. The van der Waals surface area contributed by atoms with Gasteiger partial charge in [0.25, 0.3) is 0 Å². The molecule has 1 saturated heterocycles. The Morgan fingerprint density at radius 2 is 2.19 bits per heavy atom. The largest absolute Gasteiger partial charge is 0.326 e. The Bertz CT molecular complexity index is 502. The first kappa shape index (κ1) is 11.3. The Labute approximate surface area is 93.9 Å². The van der Waals surface area contributed by atoms with E-state index < -0.39 is 15.8 Å². The van der Waals surface area contributed by atoms with Crippen molar-refractivity contribution in [3.8, 4) is 0 Å². The predicted octanol–water partition coefficient (Wildman–Crippen LogP) is 0.824. The standard InChI is InChI=1S/C10H13FN2O2S/c11-10-3-2-9(6-8(10)7-12)13-4-1-5-16(13,14)15/h2-3,6H,1,4-5,7,12H2. The van der Waals surface area contributed by atoms with Gasteiger partial charge < -0.3 is 5.73 Å². The molecule has 1 aromatic carbocycles. The molecule has 0 aliphatic carbocycles. The molecule has 1 aliphatic heterocycles. The molecule has 1 heterocycles. The van der Waals surface area contributed by atoms with Crippen LogP contribution >= 0.6 is 0 Å². The normalized spacial score (nSPS) is 19.0. The third kappa shape index (κ3) is 1.90. The summed E-state index contributed by atoms with van der Waals surface area (Å²) in [5.74, 6) is -0.245. The van der Waals surface area contributed by atoms with Crippen LogP contribution in [0, 0.1) is 5.82 Å². The molecule has 1 fully saturated rings. The monoisotopic (exact) mass is 244 g/mol. The topological polar surface area (TPSA) is 63.4 Å². The van der Waals surface area contributed by atoms with Gasteiger partial charge in [0.1, 0.15) is 5.82 Å². The third-order valence-electron chi connectivity index (χ3n) is 2.64. The van der Waals surface area contributed by atoms with Gasteiger partial charge in [0.05, 0.1) is 11.4 Å². The zero-order chi connectivity index (χ0) is 11.8. The average Bonchev–Trinajstić information content (AvgIpc) is 2.59. The fraction of sp³-hybridized carbons (Fsp3) is 0.400. The van der Waals surface area contributed by atoms with Crippen molar-refractivity contribution < 1.29 is 12.8 Å². The Kier molecular flexibility index (Phi) is 2.86. The fourth-order valence-electron chi connectivity index (χ4n) is 1.80. The number of nitrogens with two attached hydrogens (primary N) is 1. The molecule has 2 N–H and O–H groups in total. The third-order valence-corrected chi connectivity index (χ3v) is 4.51. The molecule has 0 unspecified atom stereocenters. The first-order chi connectivity index (χ1) is 7.54. The van der Waals surface area contributed by atoms with Gasteiger partial charge >= 0.3 is 0 Å². The Hall–Kier alpha value is -1.14. The number of benzene rings is 1. The van der Waals surface area contributed by atoms with Crippen molar-refractivity contribution >= 4 is 15.7 Å². The molecule has 1 aliphatic rings. The van der Waals surface area contributed by atoms with Crippen molar-refractivity contribution in [1.82, 2.24) is 0 Å². The van der Waals surface area contributed by atoms with Crippen molar-refractivity contribution in [3.05, 3.63) is 29.6 Å². The maximum Gasteiger partial charge on any atom is 0.235 e. The summed E-state index contributed by atoms with van der Waals surface area (Å²) < 4.78 is 37.8. The van der Waals surface area contributed by atoms with Crippen LogP contribution in [-0.2, 0) is 16.6 Å². The minimum absolute atomic E-state index is 0.0631. The van der Waals surface area contributed by atoms with Gasteiger partial charge in [0, 0.05) is 18.7 Å². The maximum atomic E-state index is 13.2. The molecule has 16 heavy (non-hydrogen) atoms. The summed E-state index contributed by atoms with van der Waals surface area (Å²) in [6.07, 6.45) is 0.609.